The maximum Gasteiger partial charge on any atom is 0.326 e. The van der Waals surface area contributed by atoms with Crippen molar-refractivity contribution in [3.05, 3.63) is 46.8 Å². The standard InChI is InChI=1S/C19H21N3O6S/c1-3-27-13-6-4-12(5-7-13)18(26)21-10-15(23)28-11(2)17(25)22-19-14(16(20)24)8-9-29-19/h4-9,11H,3,10H2,1-2H3,(H2,20,24)(H,21,26)(H,22,25). The Balaban J connectivity index is 1.81. The van der Waals surface area contributed by atoms with E-state index in [1.165, 1.54) is 13.0 Å². The number of thiophene rings is 1. The number of benzene rings is 1. The first-order valence-electron chi connectivity index (χ1n) is 8.70. The van der Waals surface area contributed by atoms with E-state index in [4.69, 9.17) is 15.2 Å². The van der Waals surface area contributed by atoms with Crippen molar-refractivity contribution in [1.82, 2.24) is 5.32 Å². The Morgan fingerprint density at radius 3 is 2.45 bits per heavy atom. The number of rotatable bonds is 9. The molecule has 0 saturated heterocycles. The summed E-state index contributed by atoms with van der Waals surface area (Å²) in [6, 6.07) is 7.91. The van der Waals surface area contributed by atoms with E-state index < -0.39 is 36.3 Å². The van der Waals surface area contributed by atoms with Gasteiger partial charge in [-0.15, -0.1) is 11.3 Å². The monoisotopic (exact) mass is 419 g/mol. The van der Waals surface area contributed by atoms with Crippen LogP contribution < -0.4 is 21.1 Å². The fraction of sp³-hybridized carbons (Fsp3) is 0.263. The molecule has 0 radical (unpaired) electrons. The molecule has 2 rings (SSSR count). The minimum Gasteiger partial charge on any atom is -0.494 e. The number of nitrogens with two attached hydrogens (primary N) is 1. The number of nitrogens with one attached hydrogen (secondary N) is 2. The fourth-order valence-electron chi connectivity index (χ4n) is 2.23. The Kier molecular flexibility index (Phi) is 7.72. The van der Waals surface area contributed by atoms with E-state index in [2.05, 4.69) is 10.6 Å². The molecule has 0 aliphatic carbocycles. The lowest BCUT2D eigenvalue weighted by atomic mass is 10.2. The highest BCUT2D eigenvalue weighted by molar-refractivity contribution is 7.14. The van der Waals surface area contributed by atoms with Gasteiger partial charge < -0.3 is 25.8 Å². The Labute approximate surface area is 171 Å². The van der Waals surface area contributed by atoms with Crippen molar-refractivity contribution in [3.63, 3.8) is 0 Å². The molecule has 154 valence electrons. The second kappa shape index (κ2) is 10.2. The Morgan fingerprint density at radius 1 is 1.14 bits per heavy atom. The van der Waals surface area contributed by atoms with E-state index in [9.17, 15) is 19.2 Å². The van der Waals surface area contributed by atoms with Crippen molar-refractivity contribution in [3.8, 4) is 5.75 Å². The highest BCUT2D eigenvalue weighted by atomic mass is 32.1. The van der Waals surface area contributed by atoms with Crippen LogP contribution in [-0.4, -0.2) is 42.9 Å². The van der Waals surface area contributed by atoms with Crippen molar-refractivity contribution < 1.29 is 28.7 Å². The zero-order valence-electron chi connectivity index (χ0n) is 15.9. The van der Waals surface area contributed by atoms with Crippen LogP contribution in [0.4, 0.5) is 5.00 Å². The van der Waals surface area contributed by atoms with Crippen LogP contribution in [0.1, 0.15) is 34.6 Å². The first-order valence-corrected chi connectivity index (χ1v) is 9.58. The molecule has 1 atom stereocenters. The maximum absolute atomic E-state index is 12.1. The summed E-state index contributed by atoms with van der Waals surface area (Å²) in [5.41, 5.74) is 5.74. The van der Waals surface area contributed by atoms with E-state index in [1.54, 1.807) is 29.6 Å². The molecule has 10 heteroatoms. The predicted octanol–water partition coefficient (Wildman–Crippen LogP) is 1.55. The van der Waals surface area contributed by atoms with Gasteiger partial charge in [0.25, 0.3) is 17.7 Å². The minimum atomic E-state index is -1.13. The van der Waals surface area contributed by atoms with Crippen LogP contribution >= 0.6 is 11.3 Å². The highest BCUT2D eigenvalue weighted by Crippen LogP contribution is 2.23. The van der Waals surface area contributed by atoms with Gasteiger partial charge in [-0.1, -0.05) is 0 Å². The molecule has 0 spiro atoms. The molecule has 1 aromatic carbocycles. The Bertz CT molecular complexity index is 894. The summed E-state index contributed by atoms with van der Waals surface area (Å²) in [7, 11) is 0. The molecule has 1 unspecified atom stereocenters. The molecule has 0 bridgehead atoms. The first-order chi connectivity index (χ1) is 13.8. The number of carbonyl (C=O) groups excluding carboxylic acids is 4. The van der Waals surface area contributed by atoms with Gasteiger partial charge in [-0.05, 0) is 49.6 Å². The third-order valence-corrected chi connectivity index (χ3v) is 4.50. The van der Waals surface area contributed by atoms with Crippen molar-refractivity contribution >= 4 is 40.0 Å². The number of carbonyl (C=O) groups is 4. The van der Waals surface area contributed by atoms with E-state index in [-0.39, 0.29) is 10.6 Å². The summed E-state index contributed by atoms with van der Waals surface area (Å²) >= 11 is 1.12. The topological polar surface area (TPSA) is 137 Å². The van der Waals surface area contributed by atoms with Gasteiger partial charge in [0.15, 0.2) is 6.10 Å². The van der Waals surface area contributed by atoms with Gasteiger partial charge in [-0.2, -0.15) is 0 Å². The number of amides is 3. The van der Waals surface area contributed by atoms with Crippen molar-refractivity contribution in [2.75, 3.05) is 18.5 Å². The van der Waals surface area contributed by atoms with Crippen molar-refractivity contribution in [2.45, 2.75) is 20.0 Å². The summed E-state index contributed by atoms with van der Waals surface area (Å²) in [5, 5.41) is 6.78. The number of primary amides is 1. The molecule has 1 aromatic heterocycles. The lowest BCUT2D eigenvalue weighted by Gasteiger charge is -2.13. The number of esters is 1. The van der Waals surface area contributed by atoms with Crippen LogP contribution in [0.25, 0.3) is 0 Å². The molecule has 2 aromatic rings. The van der Waals surface area contributed by atoms with Crippen LogP contribution in [0, 0.1) is 0 Å². The van der Waals surface area contributed by atoms with Gasteiger partial charge in [0, 0.05) is 5.56 Å². The van der Waals surface area contributed by atoms with Gasteiger partial charge in [-0.25, -0.2) is 0 Å². The summed E-state index contributed by atoms with van der Waals surface area (Å²) in [6.45, 7) is 3.33. The van der Waals surface area contributed by atoms with Gasteiger partial charge in [0.2, 0.25) is 0 Å². The van der Waals surface area contributed by atoms with E-state index in [0.717, 1.165) is 11.3 Å². The van der Waals surface area contributed by atoms with Gasteiger partial charge in [0.05, 0.1) is 12.2 Å². The molecule has 0 saturated carbocycles. The summed E-state index contributed by atoms with van der Waals surface area (Å²) < 4.78 is 10.3. The number of ether oxygens (including phenoxy) is 2. The lowest BCUT2D eigenvalue weighted by Crippen LogP contribution is -2.36. The average Bonchev–Trinajstić information content (AvgIpc) is 3.15. The van der Waals surface area contributed by atoms with E-state index in [0.29, 0.717) is 17.9 Å². The van der Waals surface area contributed by atoms with Gasteiger partial charge in [-0.3, -0.25) is 19.2 Å². The summed E-state index contributed by atoms with van der Waals surface area (Å²) in [4.78, 5) is 47.4. The number of hydrogen-bond acceptors (Lipinski definition) is 7. The quantitative estimate of drug-likeness (QED) is 0.528. The molecule has 0 fully saturated rings. The predicted molar refractivity (Wildman–Crippen MR) is 107 cm³/mol. The van der Waals surface area contributed by atoms with Crippen LogP contribution in [0.5, 0.6) is 5.75 Å². The van der Waals surface area contributed by atoms with Crippen molar-refractivity contribution in [2.24, 2.45) is 5.73 Å². The van der Waals surface area contributed by atoms with E-state index >= 15 is 0 Å². The highest BCUT2D eigenvalue weighted by Gasteiger charge is 2.21. The average molecular weight is 419 g/mol. The van der Waals surface area contributed by atoms with Crippen LogP contribution in [0.15, 0.2) is 35.7 Å². The maximum atomic E-state index is 12.1. The third-order valence-electron chi connectivity index (χ3n) is 3.67. The van der Waals surface area contributed by atoms with Gasteiger partial charge >= 0.3 is 5.97 Å². The second-order valence-electron chi connectivity index (χ2n) is 5.79. The molecule has 1 heterocycles. The number of anilines is 1. The largest absolute Gasteiger partial charge is 0.494 e. The molecule has 0 aliphatic heterocycles. The normalized spacial score (nSPS) is 11.2. The molecule has 9 nitrogen and oxygen atoms in total. The van der Waals surface area contributed by atoms with Crippen LogP contribution in [0.3, 0.4) is 0 Å². The number of hydrogen-bond donors (Lipinski definition) is 3. The van der Waals surface area contributed by atoms with Crippen LogP contribution in [0.2, 0.25) is 0 Å². The van der Waals surface area contributed by atoms with E-state index in [1.807, 2.05) is 6.92 Å². The molecular weight excluding hydrogens is 398 g/mol. The smallest absolute Gasteiger partial charge is 0.326 e. The van der Waals surface area contributed by atoms with Crippen LogP contribution in [-0.2, 0) is 14.3 Å². The lowest BCUT2D eigenvalue weighted by molar-refractivity contribution is -0.152. The second-order valence-corrected chi connectivity index (χ2v) is 6.71. The third kappa shape index (κ3) is 6.32. The molecule has 29 heavy (non-hydrogen) atoms. The molecule has 3 amide bonds. The molecule has 0 aliphatic rings. The zero-order chi connectivity index (χ0) is 21.4. The minimum absolute atomic E-state index is 0.171. The summed E-state index contributed by atoms with van der Waals surface area (Å²) in [6.07, 6.45) is -1.13. The van der Waals surface area contributed by atoms with Crippen molar-refractivity contribution in [1.29, 1.82) is 0 Å². The summed E-state index contributed by atoms with van der Waals surface area (Å²) in [5.74, 6) is -1.92. The zero-order valence-corrected chi connectivity index (χ0v) is 16.7. The molecule has 4 N–H and O–H groups in total. The first kappa shape index (κ1) is 21.9. The SMILES string of the molecule is CCOc1ccc(C(=O)NCC(=O)OC(C)C(=O)Nc2sccc2C(N)=O)cc1. The Hall–Kier alpha value is -3.40. The molecular formula is C19H21N3O6S. The Morgan fingerprint density at radius 2 is 1.83 bits per heavy atom. The van der Waals surface area contributed by atoms with Gasteiger partial charge in [0.1, 0.15) is 17.3 Å². The fourth-order valence-corrected chi connectivity index (χ4v) is 3.03.